The summed E-state index contributed by atoms with van der Waals surface area (Å²) in [7, 11) is 1.94. The largest absolute Gasteiger partial charge is 0.472 e. The molecule has 4 rings (SSSR count). The average molecular weight is 341 g/mol. The van der Waals surface area contributed by atoms with E-state index in [2.05, 4.69) is 11.0 Å². The van der Waals surface area contributed by atoms with Crippen LogP contribution in [0.2, 0.25) is 0 Å². The summed E-state index contributed by atoms with van der Waals surface area (Å²) < 4.78 is 7.09. The van der Waals surface area contributed by atoms with Crippen molar-refractivity contribution in [2.24, 2.45) is 12.5 Å². The summed E-state index contributed by atoms with van der Waals surface area (Å²) in [6.07, 6.45) is 10.3. The van der Waals surface area contributed by atoms with Crippen molar-refractivity contribution in [3.8, 4) is 0 Å². The quantitative estimate of drug-likeness (QED) is 0.861. The minimum absolute atomic E-state index is 0.180. The zero-order chi connectivity index (χ0) is 17.3. The van der Waals surface area contributed by atoms with Gasteiger partial charge in [0.1, 0.15) is 5.69 Å². The minimum atomic E-state index is 0.180. The van der Waals surface area contributed by atoms with Gasteiger partial charge in [-0.3, -0.25) is 9.69 Å². The fourth-order valence-electron chi connectivity index (χ4n) is 4.36. The van der Waals surface area contributed by atoms with Crippen LogP contribution in [0.5, 0.6) is 0 Å². The van der Waals surface area contributed by atoms with Gasteiger partial charge < -0.3 is 13.9 Å². The molecule has 0 radical (unpaired) electrons. The summed E-state index contributed by atoms with van der Waals surface area (Å²) in [5, 5.41) is 0. The third kappa shape index (κ3) is 3.38. The van der Waals surface area contributed by atoms with Crippen LogP contribution in [0.25, 0.3) is 0 Å². The summed E-state index contributed by atoms with van der Waals surface area (Å²) in [4.78, 5) is 17.2. The predicted octanol–water partition coefficient (Wildman–Crippen LogP) is 3.14. The van der Waals surface area contributed by atoms with Gasteiger partial charge >= 0.3 is 0 Å². The molecule has 0 unspecified atom stereocenters. The van der Waals surface area contributed by atoms with Crippen molar-refractivity contribution in [3.63, 3.8) is 0 Å². The highest BCUT2D eigenvalue weighted by atomic mass is 16.3. The Balaban J connectivity index is 1.30. The van der Waals surface area contributed by atoms with E-state index in [1.807, 2.05) is 41.1 Å². The summed E-state index contributed by atoms with van der Waals surface area (Å²) in [6.45, 7) is 5.08. The molecule has 5 heteroatoms. The number of furan rings is 1. The number of rotatable bonds is 3. The SMILES string of the molecule is Cn1cccc1C(=O)N1CCC2(CCN(Cc3ccoc3)CC2)CC1. The third-order valence-electron chi connectivity index (χ3n) is 6.18. The molecule has 5 nitrogen and oxygen atoms in total. The van der Waals surface area contributed by atoms with Crippen molar-refractivity contribution in [1.82, 2.24) is 14.4 Å². The Morgan fingerprint density at radius 1 is 1.12 bits per heavy atom. The van der Waals surface area contributed by atoms with E-state index in [9.17, 15) is 4.79 Å². The Labute approximate surface area is 149 Å². The van der Waals surface area contributed by atoms with Crippen molar-refractivity contribution in [1.29, 1.82) is 0 Å². The lowest BCUT2D eigenvalue weighted by Gasteiger charge is -2.46. The minimum Gasteiger partial charge on any atom is -0.472 e. The average Bonchev–Trinajstić information content (AvgIpc) is 3.29. The second kappa shape index (κ2) is 6.71. The normalized spacial score (nSPS) is 20.9. The third-order valence-corrected chi connectivity index (χ3v) is 6.18. The molecule has 134 valence electrons. The van der Waals surface area contributed by atoms with E-state index in [1.54, 1.807) is 6.26 Å². The molecule has 0 saturated carbocycles. The van der Waals surface area contributed by atoms with Crippen LogP contribution in [0, 0.1) is 5.41 Å². The van der Waals surface area contributed by atoms with Gasteiger partial charge in [0.2, 0.25) is 0 Å². The molecule has 4 heterocycles. The molecule has 2 aliphatic rings. The van der Waals surface area contributed by atoms with E-state index in [-0.39, 0.29) is 5.91 Å². The van der Waals surface area contributed by atoms with Crippen LogP contribution in [0.1, 0.15) is 41.7 Å². The molecule has 2 aliphatic heterocycles. The monoisotopic (exact) mass is 341 g/mol. The second-order valence-corrected chi connectivity index (χ2v) is 7.70. The molecule has 0 bridgehead atoms. The first kappa shape index (κ1) is 16.5. The standard InChI is InChI=1S/C20H27N3O2/c1-21-9-2-3-18(21)19(24)23-12-7-20(8-13-23)5-10-22(11-6-20)15-17-4-14-25-16-17/h2-4,9,14,16H,5-8,10-13,15H2,1H3. The highest BCUT2D eigenvalue weighted by Crippen LogP contribution is 2.41. The van der Waals surface area contributed by atoms with Crippen molar-refractivity contribution in [3.05, 3.63) is 48.2 Å². The van der Waals surface area contributed by atoms with Crippen LogP contribution in [0.3, 0.4) is 0 Å². The smallest absolute Gasteiger partial charge is 0.270 e. The number of aryl methyl sites for hydroxylation is 1. The predicted molar refractivity (Wildman–Crippen MR) is 96.2 cm³/mol. The molecule has 0 aromatic carbocycles. The lowest BCUT2D eigenvalue weighted by molar-refractivity contribution is 0.0280. The zero-order valence-electron chi connectivity index (χ0n) is 15.0. The summed E-state index contributed by atoms with van der Waals surface area (Å²) in [5.74, 6) is 0.180. The van der Waals surface area contributed by atoms with Gasteiger partial charge in [-0.15, -0.1) is 0 Å². The van der Waals surface area contributed by atoms with E-state index in [4.69, 9.17) is 4.42 Å². The molecule has 0 aliphatic carbocycles. The Hall–Kier alpha value is -2.01. The van der Waals surface area contributed by atoms with Gasteiger partial charge in [-0.05, 0) is 62.4 Å². The first-order valence-corrected chi connectivity index (χ1v) is 9.29. The number of aromatic nitrogens is 1. The van der Waals surface area contributed by atoms with Gasteiger partial charge in [-0.2, -0.15) is 0 Å². The number of piperidine rings is 2. The van der Waals surface area contributed by atoms with Crippen molar-refractivity contribution in [2.45, 2.75) is 32.2 Å². The van der Waals surface area contributed by atoms with E-state index in [0.717, 1.165) is 51.3 Å². The number of amides is 1. The number of hydrogen-bond donors (Lipinski definition) is 0. The van der Waals surface area contributed by atoms with Gasteiger partial charge in [0.25, 0.3) is 5.91 Å². The maximum atomic E-state index is 12.7. The molecular formula is C20H27N3O2. The number of likely N-dealkylation sites (tertiary alicyclic amines) is 2. The van der Waals surface area contributed by atoms with Crippen LogP contribution in [0.15, 0.2) is 41.3 Å². The van der Waals surface area contributed by atoms with Crippen LogP contribution >= 0.6 is 0 Å². The van der Waals surface area contributed by atoms with Gasteiger partial charge in [0, 0.05) is 38.4 Å². The molecule has 0 N–H and O–H groups in total. The topological polar surface area (TPSA) is 41.6 Å². The lowest BCUT2D eigenvalue weighted by atomic mass is 9.71. The van der Waals surface area contributed by atoms with Crippen molar-refractivity contribution < 1.29 is 9.21 Å². The van der Waals surface area contributed by atoms with Crippen molar-refractivity contribution >= 4 is 5.91 Å². The maximum Gasteiger partial charge on any atom is 0.270 e. The Kier molecular flexibility index (Phi) is 4.42. The second-order valence-electron chi connectivity index (χ2n) is 7.70. The first-order valence-electron chi connectivity index (χ1n) is 9.29. The number of nitrogens with zero attached hydrogens (tertiary/aromatic N) is 3. The van der Waals surface area contributed by atoms with E-state index >= 15 is 0 Å². The van der Waals surface area contributed by atoms with Crippen LogP contribution in [-0.4, -0.2) is 46.5 Å². The summed E-state index contributed by atoms with van der Waals surface area (Å²) in [6, 6.07) is 5.91. The lowest BCUT2D eigenvalue weighted by Crippen LogP contribution is -2.48. The Morgan fingerprint density at radius 2 is 1.84 bits per heavy atom. The van der Waals surface area contributed by atoms with Crippen LogP contribution in [-0.2, 0) is 13.6 Å². The number of hydrogen-bond acceptors (Lipinski definition) is 3. The van der Waals surface area contributed by atoms with Gasteiger partial charge in [0.05, 0.1) is 12.5 Å². The maximum absolute atomic E-state index is 12.7. The summed E-state index contributed by atoms with van der Waals surface area (Å²) in [5.41, 5.74) is 2.50. The zero-order valence-corrected chi connectivity index (χ0v) is 15.0. The molecule has 25 heavy (non-hydrogen) atoms. The van der Waals surface area contributed by atoms with Gasteiger partial charge in [-0.25, -0.2) is 0 Å². The van der Waals surface area contributed by atoms with Crippen LogP contribution in [0.4, 0.5) is 0 Å². The highest BCUT2D eigenvalue weighted by molar-refractivity contribution is 5.92. The fraction of sp³-hybridized carbons (Fsp3) is 0.550. The Morgan fingerprint density at radius 3 is 2.44 bits per heavy atom. The highest BCUT2D eigenvalue weighted by Gasteiger charge is 2.38. The first-order chi connectivity index (χ1) is 12.2. The molecule has 2 saturated heterocycles. The van der Waals surface area contributed by atoms with Gasteiger partial charge in [0.15, 0.2) is 0 Å². The molecule has 0 atom stereocenters. The molecule has 2 aromatic heterocycles. The summed E-state index contributed by atoms with van der Waals surface area (Å²) >= 11 is 0. The van der Waals surface area contributed by atoms with E-state index in [0.29, 0.717) is 5.41 Å². The van der Waals surface area contributed by atoms with Crippen molar-refractivity contribution in [2.75, 3.05) is 26.2 Å². The molecule has 1 spiro atoms. The molecule has 1 amide bonds. The van der Waals surface area contributed by atoms with Crippen LogP contribution < -0.4 is 0 Å². The van der Waals surface area contributed by atoms with E-state index < -0.39 is 0 Å². The number of carbonyl (C=O) groups excluding carboxylic acids is 1. The number of carbonyl (C=O) groups is 1. The van der Waals surface area contributed by atoms with E-state index in [1.165, 1.54) is 18.4 Å². The molecule has 2 fully saturated rings. The molecule has 2 aromatic rings. The Bertz CT molecular complexity index is 701. The fourth-order valence-corrected chi connectivity index (χ4v) is 4.36. The molecular weight excluding hydrogens is 314 g/mol. The van der Waals surface area contributed by atoms with Gasteiger partial charge in [-0.1, -0.05) is 0 Å².